The van der Waals surface area contributed by atoms with Crippen LogP contribution in [0.3, 0.4) is 0 Å². The van der Waals surface area contributed by atoms with Crippen LogP contribution >= 0.6 is 11.8 Å². The molecule has 2 heterocycles. The Kier molecular flexibility index (Phi) is 2.51. The van der Waals surface area contributed by atoms with Gasteiger partial charge < -0.3 is 5.32 Å². The third-order valence-corrected chi connectivity index (χ3v) is 3.11. The summed E-state index contributed by atoms with van der Waals surface area (Å²) in [6, 6.07) is 6.60. The van der Waals surface area contributed by atoms with Gasteiger partial charge in [0.05, 0.1) is 0 Å². The quantitative estimate of drug-likeness (QED) is 0.753. The average molecular weight is 180 g/mol. The highest BCUT2D eigenvalue weighted by atomic mass is 32.2. The Hall–Kier alpha value is -0.700. The molecule has 12 heavy (non-hydrogen) atoms. The SMILES string of the molecule is c1ccc(N[C@@H]2CCSC2)nc1. The third kappa shape index (κ3) is 1.91. The second kappa shape index (κ2) is 3.81. The molecule has 2 rings (SSSR count). The zero-order valence-electron chi connectivity index (χ0n) is 6.86. The Labute approximate surface area is 76.8 Å². The van der Waals surface area contributed by atoms with Gasteiger partial charge in [0.2, 0.25) is 0 Å². The average Bonchev–Trinajstić information content (AvgIpc) is 2.59. The molecule has 3 heteroatoms. The van der Waals surface area contributed by atoms with Crippen molar-refractivity contribution in [3.05, 3.63) is 24.4 Å². The lowest BCUT2D eigenvalue weighted by Gasteiger charge is -2.10. The number of aromatic nitrogens is 1. The second-order valence-electron chi connectivity index (χ2n) is 2.92. The zero-order chi connectivity index (χ0) is 8.23. The van der Waals surface area contributed by atoms with Crippen molar-refractivity contribution in [3.8, 4) is 0 Å². The van der Waals surface area contributed by atoms with E-state index in [2.05, 4.69) is 10.3 Å². The summed E-state index contributed by atoms with van der Waals surface area (Å²) in [6.45, 7) is 0. The van der Waals surface area contributed by atoms with Crippen LogP contribution in [0.2, 0.25) is 0 Å². The van der Waals surface area contributed by atoms with E-state index < -0.39 is 0 Å². The predicted molar refractivity (Wildman–Crippen MR) is 53.6 cm³/mol. The molecule has 0 saturated carbocycles. The van der Waals surface area contributed by atoms with Crippen LogP contribution in [0, 0.1) is 0 Å². The van der Waals surface area contributed by atoms with Crippen LogP contribution in [0.5, 0.6) is 0 Å². The second-order valence-corrected chi connectivity index (χ2v) is 4.07. The summed E-state index contributed by atoms with van der Waals surface area (Å²) in [7, 11) is 0. The van der Waals surface area contributed by atoms with Gasteiger partial charge in [-0.3, -0.25) is 0 Å². The van der Waals surface area contributed by atoms with Gasteiger partial charge in [-0.05, 0) is 24.3 Å². The molecule has 1 aliphatic heterocycles. The van der Waals surface area contributed by atoms with E-state index in [0.717, 1.165) is 5.82 Å². The van der Waals surface area contributed by atoms with E-state index in [1.54, 1.807) is 0 Å². The fourth-order valence-corrected chi connectivity index (χ4v) is 2.46. The number of nitrogens with one attached hydrogen (secondary N) is 1. The summed E-state index contributed by atoms with van der Waals surface area (Å²) in [5, 5.41) is 3.41. The van der Waals surface area contributed by atoms with Crippen molar-refractivity contribution in [1.82, 2.24) is 4.98 Å². The molecule has 2 nitrogen and oxygen atoms in total. The molecule has 1 atom stereocenters. The molecule has 1 N–H and O–H groups in total. The summed E-state index contributed by atoms with van der Waals surface area (Å²) in [5.74, 6) is 3.51. The van der Waals surface area contributed by atoms with Gasteiger partial charge in [0, 0.05) is 18.0 Å². The first-order valence-corrected chi connectivity index (χ1v) is 5.36. The number of hydrogen-bond acceptors (Lipinski definition) is 3. The number of anilines is 1. The zero-order valence-corrected chi connectivity index (χ0v) is 7.68. The Balaban J connectivity index is 1.94. The Morgan fingerprint density at radius 1 is 1.50 bits per heavy atom. The molecule has 1 aliphatic rings. The van der Waals surface area contributed by atoms with E-state index in [-0.39, 0.29) is 0 Å². The van der Waals surface area contributed by atoms with Crippen LogP contribution in [-0.2, 0) is 0 Å². The fraction of sp³-hybridized carbons (Fsp3) is 0.444. The summed E-state index contributed by atoms with van der Waals surface area (Å²) >= 11 is 2.01. The maximum Gasteiger partial charge on any atom is 0.126 e. The van der Waals surface area contributed by atoms with E-state index in [1.807, 2.05) is 36.2 Å². The van der Waals surface area contributed by atoms with E-state index >= 15 is 0 Å². The van der Waals surface area contributed by atoms with Crippen molar-refractivity contribution in [2.75, 3.05) is 16.8 Å². The van der Waals surface area contributed by atoms with Gasteiger partial charge in [0.15, 0.2) is 0 Å². The molecule has 0 bridgehead atoms. The van der Waals surface area contributed by atoms with E-state index in [9.17, 15) is 0 Å². The van der Waals surface area contributed by atoms with E-state index in [1.165, 1.54) is 17.9 Å². The Morgan fingerprint density at radius 2 is 2.50 bits per heavy atom. The molecular weight excluding hydrogens is 168 g/mol. The van der Waals surface area contributed by atoms with Crippen LogP contribution in [0.15, 0.2) is 24.4 Å². The van der Waals surface area contributed by atoms with E-state index in [4.69, 9.17) is 0 Å². The summed E-state index contributed by atoms with van der Waals surface area (Å²) in [5.41, 5.74) is 0. The number of rotatable bonds is 2. The van der Waals surface area contributed by atoms with Crippen molar-refractivity contribution >= 4 is 17.6 Å². The van der Waals surface area contributed by atoms with Gasteiger partial charge in [0.25, 0.3) is 0 Å². The minimum Gasteiger partial charge on any atom is -0.366 e. The maximum absolute atomic E-state index is 4.22. The molecular formula is C9H12N2S. The molecule has 1 aromatic rings. The summed E-state index contributed by atoms with van der Waals surface area (Å²) in [4.78, 5) is 4.22. The lowest BCUT2D eigenvalue weighted by molar-refractivity contribution is 0.807. The topological polar surface area (TPSA) is 24.9 Å². The Morgan fingerprint density at radius 3 is 3.17 bits per heavy atom. The first-order valence-electron chi connectivity index (χ1n) is 4.20. The smallest absolute Gasteiger partial charge is 0.126 e. The van der Waals surface area contributed by atoms with Gasteiger partial charge in [-0.25, -0.2) is 4.98 Å². The van der Waals surface area contributed by atoms with Gasteiger partial charge in [-0.2, -0.15) is 11.8 Å². The van der Waals surface area contributed by atoms with Crippen LogP contribution in [0.4, 0.5) is 5.82 Å². The van der Waals surface area contributed by atoms with Gasteiger partial charge >= 0.3 is 0 Å². The summed E-state index contributed by atoms with van der Waals surface area (Å²) < 4.78 is 0. The monoisotopic (exact) mass is 180 g/mol. The number of hydrogen-bond donors (Lipinski definition) is 1. The highest BCUT2D eigenvalue weighted by Crippen LogP contribution is 2.19. The normalized spacial score (nSPS) is 22.5. The predicted octanol–water partition coefficient (Wildman–Crippen LogP) is 2.00. The maximum atomic E-state index is 4.22. The lowest BCUT2D eigenvalue weighted by atomic mass is 10.2. The van der Waals surface area contributed by atoms with Crippen LogP contribution in [0.25, 0.3) is 0 Å². The van der Waals surface area contributed by atoms with Gasteiger partial charge in [0.1, 0.15) is 5.82 Å². The minimum absolute atomic E-state index is 0.630. The number of pyridine rings is 1. The highest BCUT2D eigenvalue weighted by Gasteiger charge is 2.14. The largest absolute Gasteiger partial charge is 0.366 e. The van der Waals surface area contributed by atoms with Crippen molar-refractivity contribution in [2.24, 2.45) is 0 Å². The summed E-state index contributed by atoms with van der Waals surface area (Å²) in [6.07, 6.45) is 3.09. The standard InChI is InChI=1S/C9H12N2S/c1-2-5-10-9(3-1)11-8-4-6-12-7-8/h1-3,5,8H,4,6-7H2,(H,10,11)/t8-/m1/s1. The van der Waals surface area contributed by atoms with Crippen molar-refractivity contribution in [1.29, 1.82) is 0 Å². The van der Waals surface area contributed by atoms with Crippen LogP contribution in [-0.4, -0.2) is 22.5 Å². The van der Waals surface area contributed by atoms with Gasteiger partial charge in [-0.1, -0.05) is 6.07 Å². The Bertz CT molecular complexity index is 232. The molecule has 0 amide bonds. The number of thioether (sulfide) groups is 1. The third-order valence-electron chi connectivity index (χ3n) is 1.95. The van der Waals surface area contributed by atoms with Crippen LogP contribution < -0.4 is 5.32 Å². The minimum atomic E-state index is 0.630. The first-order chi connectivity index (χ1) is 5.95. The van der Waals surface area contributed by atoms with E-state index in [0.29, 0.717) is 6.04 Å². The number of nitrogens with zero attached hydrogens (tertiary/aromatic N) is 1. The lowest BCUT2D eigenvalue weighted by Crippen LogP contribution is -2.18. The fourth-order valence-electron chi connectivity index (χ4n) is 1.31. The molecule has 1 fully saturated rings. The molecule has 0 radical (unpaired) electrons. The molecule has 64 valence electrons. The highest BCUT2D eigenvalue weighted by molar-refractivity contribution is 7.99. The molecule has 0 spiro atoms. The van der Waals surface area contributed by atoms with Crippen molar-refractivity contribution in [3.63, 3.8) is 0 Å². The molecule has 1 aromatic heterocycles. The van der Waals surface area contributed by atoms with Crippen molar-refractivity contribution < 1.29 is 0 Å². The van der Waals surface area contributed by atoms with Gasteiger partial charge in [-0.15, -0.1) is 0 Å². The first kappa shape index (κ1) is 7.92. The van der Waals surface area contributed by atoms with Crippen LogP contribution in [0.1, 0.15) is 6.42 Å². The molecule has 0 unspecified atom stereocenters. The van der Waals surface area contributed by atoms with Crippen molar-refractivity contribution in [2.45, 2.75) is 12.5 Å². The molecule has 0 aliphatic carbocycles. The molecule has 0 aromatic carbocycles. The molecule has 1 saturated heterocycles.